The van der Waals surface area contributed by atoms with Gasteiger partial charge < -0.3 is 5.11 Å². The smallest absolute Gasteiger partial charge is 0.126 e. The van der Waals surface area contributed by atoms with Crippen LogP contribution in [0.3, 0.4) is 0 Å². The molecule has 0 unspecified atom stereocenters. The molecule has 0 saturated carbocycles. The van der Waals surface area contributed by atoms with E-state index in [1.165, 1.54) is 11.1 Å². The van der Waals surface area contributed by atoms with Crippen LogP contribution in [0.1, 0.15) is 39.2 Å². The first-order chi connectivity index (χ1) is 10.1. The summed E-state index contributed by atoms with van der Waals surface area (Å²) in [4.78, 5) is 0. The maximum atomic E-state index is 10.4. The maximum Gasteiger partial charge on any atom is 0.126 e. The molecule has 0 spiro atoms. The SMILES string of the molecule is CC(C)=CCC/C(C)=C/Cc1ccc2ccccc2c1O. The number of hydrogen-bond acceptors (Lipinski definition) is 1. The quantitative estimate of drug-likeness (QED) is 0.688. The molecule has 110 valence electrons. The van der Waals surface area contributed by atoms with Crippen molar-refractivity contribution in [1.82, 2.24) is 0 Å². The van der Waals surface area contributed by atoms with Gasteiger partial charge in [-0.05, 0) is 51.0 Å². The Morgan fingerprint density at radius 1 is 1.00 bits per heavy atom. The Morgan fingerprint density at radius 2 is 1.76 bits per heavy atom. The summed E-state index contributed by atoms with van der Waals surface area (Å²) in [5.74, 6) is 0.418. The largest absolute Gasteiger partial charge is 0.507 e. The second-order valence-electron chi connectivity index (χ2n) is 5.87. The van der Waals surface area contributed by atoms with E-state index in [-0.39, 0.29) is 0 Å². The second kappa shape index (κ2) is 7.12. The predicted molar refractivity (Wildman–Crippen MR) is 91.7 cm³/mol. The zero-order valence-electron chi connectivity index (χ0n) is 13.2. The van der Waals surface area contributed by atoms with Crippen LogP contribution in [0.5, 0.6) is 5.75 Å². The molecule has 2 aromatic rings. The maximum absolute atomic E-state index is 10.4. The van der Waals surface area contributed by atoms with E-state index in [1.54, 1.807) is 0 Å². The van der Waals surface area contributed by atoms with Gasteiger partial charge in [0.1, 0.15) is 5.75 Å². The Bertz CT molecular complexity index is 673. The lowest BCUT2D eigenvalue weighted by Crippen LogP contribution is -1.86. The van der Waals surface area contributed by atoms with Crippen molar-refractivity contribution in [2.75, 3.05) is 0 Å². The lowest BCUT2D eigenvalue weighted by atomic mass is 10.0. The summed E-state index contributed by atoms with van der Waals surface area (Å²) < 4.78 is 0. The van der Waals surface area contributed by atoms with Crippen molar-refractivity contribution in [2.24, 2.45) is 0 Å². The first kappa shape index (κ1) is 15.4. The zero-order chi connectivity index (χ0) is 15.2. The summed E-state index contributed by atoms with van der Waals surface area (Å²) in [7, 11) is 0. The molecule has 0 heterocycles. The number of phenols is 1. The Kier molecular flexibility index (Phi) is 5.21. The number of fused-ring (bicyclic) bond motifs is 1. The highest BCUT2D eigenvalue weighted by molar-refractivity contribution is 5.89. The van der Waals surface area contributed by atoms with E-state index < -0.39 is 0 Å². The van der Waals surface area contributed by atoms with Crippen molar-refractivity contribution in [2.45, 2.75) is 40.0 Å². The van der Waals surface area contributed by atoms with Crippen LogP contribution in [0, 0.1) is 0 Å². The monoisotopic (exact) mass is 280 g/mol. The normalized spacial score (nSPS) is 11.7. The molecule has 0 atom stereocenters. The van der Waals surface area contributed by atoms with Crippen molar-refractivity contribution < 1.29 is 5.11 Å². The highest BCUT2D eigenvalue weighted by Gasteiger charge is 2.04. The third kappa shape index (κ3) is 4.22. The molecule has 0 saturated heterocycles. The molecule has 1 N–H and O–H groups in total. The van der Waals surface area contributed by atoms with Gasteiger partial charge in [0.2, 0.25) is 0 Å². The Morgan fingerprint density at radius 3 is 2.52 bits per heavy atom. The fourth-order valence-corrected chi connectivity index (χ4v) is 2.44. The zero-order valence-corrected chi connectivity index (χ0v) is 13.2. The number of benzene rings is 2. The van der Waals surface area contributed by atoms with E-state index >= 15 is 0 Å². The highest BCUT2D eigenvalue weighted by atomic mass is 16.3. The van der Waals surface area contributed by atoms with Gasteiger partial charge in [-0.2, -0.15) is 0 Å². The lowest BCUT2D eigenvalue weighted by molar-refractivity contribution is 0.476. The Labute approximate surface area is 127 Å². The van der Waals surface area contributed by atoms with E-state index in [0.29, 0.717) is 5.75 Å². The average Bonchev–Trinajstić information content (AvgIpc) is 2.46. The topological polar surface area (TPSA) is 20.2 Å². The van der Waals surface area contributed by atoms with E-state index in [4.69, 9.17) is 0 Å². The molecule has 1 heteroatoms. The number of aromatic hydroxyl groups is 1. The summed E-state index contributed by atoms with van der Waals surface area (Å²) in [5.41, 5.74) is 3.74. The van der Waals surface area contributed by atoms with Gasteiger partial charge in [0.15, 0.2) is 0 Å². The molecule has 21 heavy (non-hydrogen) atoms. The van der Waals surface area contributed by atoms with E-state index in [9.17, 15) is 5.11 Å². The van der Waals surface area contributed by atoms with Crippen LogP contribution in [-0.4, -0.2) is 5.11 Å². The van der Waals surface area contributed by atoms with Gasteiger partial charge in [-0.1, -0.05) is 59.7 Å². The van der Waals surface area contributed by atoms with Gasteiger partial charge in [0.05, 0.1) is 0 Å². The van der Waals surface area contributed by atoms with Crippen LogP contribution in [0.4, 0.5) is 0 Å². The average molecular weight is 280 g/mol. The third-order valence-corrected chi connectivity index (χ3v) is 3.75. The number of phenolic OH excluding ortho intramolecular Hbond substituents is 1. The number of hydrogen-bond donors (Lipinski definition) is 1. The van der Waals surface area contributed by atoms with Gasteiger partial charge in [0.25, 0.3) is 0 Å². The minimum Gasteiger partial charge on any atom is -0.507 e. The third-order valence-electron chi connectivity index (χ3n) is 3.75. The number of allylic oxidation sites excluding steroid dienone is 4. The van der Waals surface area contributed by atoms with Crippen LogP contribution in [0.2, 0.25) is 0 Å². The molecule has 0 fully saturated rings. The van der Waals surface area contributed by atoms with E-state index in [0.717, 1.165) is 35.6 Å². The van der Waals surface area contributed by atoms with E-state index in [2.05, 4.69) is 39.0 Å². The molecule has 2 aromatic carbocycles. The molecule has 0 amide bonds. The van der Waals surface area contributed by atoms with Crippen molar-refractivity contribution >= 4 is 10.8 Å². The second-order valence-corrected chi connectivity index (χ2v) is 5.87. The van der Waals surface area contributed by atoms with Crippen molar-refractivity contribution in [3.05, 3.63) is 65.3 Å². The molecule has 0 aliphatic carbocycles. The summed E-state index contributed by atoms with van der Waals surface area (Å²) in [6, 6.07) is 12.1. The van der Waals surface area contributed by atoms with Crippen LogP contribution in [-0.2, 0) is 6.42 Å². The Hall–Kier alpha value is -2.02. The molecule has 0 radical (unpaired) electrons. The van der Waals surface area contributed by atoms with Gasteiger partial charge >= 0.3 is 0 Å². The summed E-state index contributed by atoms with van der Waals surface area (Å²) in [5, 5.41) is 12.4. The standard InChI is InChI=1S/C20H24O/c1-15(2)7-6-8-16(3)11-12-18-14-13-17-9-4-5-10-19(17)20(18)21/h4-5,7,9-11,13-14,21H,6,8,12H2,1-3H3/b16-11+. The first-order valence-electron chi connectivity index (χ1n) is 7.56. The van der Waals surface area contributed by atoms with Crippen LogP contribution in [0.15, 0.2) is 59.7 Å². The molecule has 2 rings (SSSR count). The van der Waals surface area contributed by atoms with Crippen molar-refractivity contribution in [3.8, 4) is 5.75 Å². The predicted octanol–water partition coefficient (Wildman–Crippen LogP) is 5.78. The summed E-state index contributed by atoms with van der Waals surface area (Å²) in [6.45, 7) is 6.43. The molecule has 0 aliphatic heterocycles. The fourth-order valence-electron chi connectivity index (χ4n) is 2.44. The minimum atomic E-state index is 0.418. The summed E-state index contributed by atoms with van der Waals surface area (Å²) >= 11 is 0. The highest BCUT2D eigenvalue weighted by Crippen LogP contribution is 2.29. The van der Waals surface area contributed by atoms with Gasteiger partial charge in [-0.25, -0.2) is 0 Å². The Balaban J connectivity index is 2.09. The molecular weight excluding hydrogens is 256 g/mol. The van der Waals surface area contributed by atoms with Gasteiger partial charge in [-0.3, -0.25) is 0 Å². The van der Waals surface area contributed by atoms with Crippen molar-refractivity contribution in [1.29, 1.82) is 0 Å². The molecule has 0 aliphatic rings. The molecular formula is C20H24O. The molecule has 0 aromatic heterocycles. The van der Waals surface area contributed by atoms with Crippen LogP contribution in [0.25, 0.3) is 10.8 Å². The number of rotatable bonds is 5. The van der Waals surface area contributed by atoms with Crippen LogP contribution >= 0.6 is 0 Å². The first-order valence-corrected chi connectivity index (χ1v) is 7.56. The van der Waals surface area contributed by atoms with Gasteiger partial charge in [-0.15, -0.1) is 0 Å². The molecule has 0 bridgehead atoms. The lowest BCUT2D eigenvalue weighted by Gasteiger charge is -2.07. The minimum absolute atomic E-state index is 0.418. The fraction of sp³-hybridized carbons (Fsp3) is 0.300. The van der Waals surface area contributed by atoms with Crippen molar-refractivity contribution in [3.63, 3.8) is 0 Å². The van der Waals surface area contributed by atoms with E-state index in [1.807, 2.05) is 30.3 Å². The molecule has 1 nitrogen and oxygen atoms in total. The van der Waals surface area contributed by atoms with Gasteiger partial charge in [0, 0.05) is 5.39 Å². The van der Waals surface area contributed by atoms with Crippen LogP contribution < -0.4 is 0 Å². The summed E-state index contributed by atoms with van der Waals surface area (Å²) in [6.07, 6.45) is 7.46.